The van der Waals surface area contributed by atoms with Crippen molar-refractivity contribution in [3.8, 4) is 0 Å². The number of rotatable bonds is 3. The highest BCUT2D eigenvalue weighted by Gasteiger charge is 2.30. The number of halogens is 3. The maximum absolute atomic E-state index is 13.6. The fourth-order valence-corrected chi connectivity index (χ4v) is 3.43. The first-order valence-electron chi connectivity index (χ1n) is 6.80. The van der Waals surface area contributed by atoms with E-state index < -0.39 is 5.82 Å². The van der Waals surface area contributed by atoms with Crippen LogP contribution in [0.5, 0.6) is 0 Å². The molecule has 0 aromatic heterocycles. The van der Waals surface area contributed by atoms with Gasteiger partial charge in [-0.15, -0.1) is 0 Å². The number of hydrogen-bond acceptors (Lipinski definition) is 1. The van der Waals surface area contributed by atoms with E-state index in [4.69, 9.17) is 23.2 Å². The van der Waals surface area contributed by atoms with E-state index >= 15 is 0 Å². The Morgan fingerprint density at radius 3 is 2.47 bits per heavy atom. The van der Waals surface area contributed by atoms with Gasteiger partial charge in [0.2, 0.25) is 0 Å². The predicted octanol–water partition coefficient (Wildman–Crippen LogP) is 5.22. The van der Waals surface area contributed by atoms with E-state index in [1.807, 2.05) is 6.92 Å². The van der Waals surface area contributed by atoms with Crippen LogP contribution in [0.1, 0.15) is 45.2 Å². The SMILES string of the molecule is CC(NC1CCC(C)C1C)c1cc(F)c(Cl)cc1Cl. The second-order valence-electron chi connectivity index (χ2n) is 5.70. The standard InChI is InChI=1S/C15H20Cl2FN/c1-8-4-5-15(9(8)2)19-10(3)11-6-14(18)13(17)7-12(11)16/h6-10,15,19H,4-5H2,1-3H3. The van der Waals surface area contributed by atoms with Crippen LogP contribution in [0.4, 0.5) is 4.39 Å². The van der Waals surface area contributed by atoms with Crippen LogP contribution < -0.4 is 5.32 Å². The molecule has 0 heterocycles. The number of nitrogens with one attached hydrogen (secondary N) is 1. The first-order chi connectivity index (χ1) is 8.90. The minimum absolute atomic E-state index is 0.0250. The maximum Gasteiger partial charge on any atom is 0.142 e. The summed E-state index contributed by atoms with van der Waals surface area (Å²) in [5.74, 6) is 0.961. The Balaban J connectivity index is 2.12. The molecule has 1 N–H and O–H groups in total. The van der Waals surface area contributed by atoms with Crippen molar-refractivity contribution >= 4 is 23.2 Å². The van der Waals surface area contributed by atoms with E-state index in [0.717, 1.165) is 11.5 Å². The van der Waals surface area contributed by atoms with E-state index in [2.05, 4.69) is 19.2 Å². The Labute approximate surface area is 124 Å². The monoisotopic (exact) mass is 303 g/mol. The summed E-state index contributed by atoms with van der Waals surface area (Å²) in [6, 6.07) is 3.41. The number of hydrogen-bond donors (Lipinski definition) is 1. The molecule has 0 radical (unpaired) electrons. The van der Waals surface area contributed by atoms with Crippen molar-refractivity contribution in [2.45, 2.75) is 45.7 Å². The molecule has 0 amide bonds. The molecule has 1 nitrogen and oxygen atoms in total. The number of benzene rings is 1. The summed E-state index contributed by atoms with van der Waals surface area (Å²) < 4.78 is 13.6. The van der Waals surface area contributed by atoms with Gasteiger partial charge in [0.1, 0.15) is 5.82 Å². The quantitative estimate of drug-likeness (QED) is 0.755. The Bertz CT molecular complexity index is 464. The highest BCUT2D eigenvalue weighted by Crippen LogP contribution is 2.34. The molecular weight excluding hydrogens is 284 g/mol. The molecular formula is C15H20Cl2FN. The molecule has 1 saturated carbocycles. The Morgan fingerprint density at radius 1 is 1.21 bits per heavy atom. The zero-order chi connectivity index (χ0) is 14.2. The van der Waals surface area contributed by atoms with Gasteiger partial charge in [0.25, 0.3) is 0 Å². The van der Waals surface area contributed by atoms with E-state index in [-0.39, 0.29) is 11.1 Å². The summed E-state index contributed by atoms with van der Waals surface area (Å²) in [5, 5.41) is 4.16. The van der Waals surface area contributed by atoms with Crippen LogP contribution in [-0.4, -0.2) is 6.04 Å². The van der Waals surface area contributed by atoms with E-state index in [1.54, 1.807) is 0 Å². The predicted molar refractivity (Wildman–Crippen MR) is 79.3 cm³/mol. The van der Waals surface area contributed by atoms with Crippen molar-refractivity contribution in [2.24, 2.45) is 11.8 Å². The zero-order valence-corrected chi connectivity index (χ0v) is 13.0. The summed E-state index contributed by atoms with van der Waals surface area (Å²) in [5.41, 5.74) is 0.773. The first-order valence-corrected chi connectivity index (χ1v) is 7.56. The van der Waals surface area contributed by atoms with Crippen LogP contribution in [0.3, 0.4) is 0 Å². The largest absolute Gasteiger partial charge is 0.307 e. The third kappa shape index (κ3) is 3.24. The second-order valence-corrected chi connectivity index (χ2v) is 6.51. The minimum atomic E-state index is -0.414. The van der Waals surface area contributed by atoms with Gasteiger partial charge in [0.05, 0.1) is 5.02 Å². The van der Waals surface area contributed by atoms with E-state index in [9.17, 15) is 4.39 Å². The van der Waals surface area contributed by atoms with Crippen LogP contribution in [0, 0.1) is 17.7 Å². The lowest BCUT2D eigenvalue weighted by molar-refractivity contribution is 0.347. The van der Waals surface area contributed by atoms with Gasteiger partial charge in [-0.3, -0.25) is 0 Å². The molecule has 1 aliphatic rings. The van der Waals surface area contributed by atoms with Crippen LogP contribution in [0.25, 0.3) is 0 Å². The lowest BCUT2D eigenvalue weighted by Crippen LogP contribution is -2.34. The molecule has 1 aromatic carbocycles. The van der Waals surface area contributed by atoms with Gasteiger partial charge in [-0.25, -0.2) is 4.39 Å². The molecule has 106 valence electrons. The first kappa shape index (κ1) is 15.1. The summed E-state index contributed by atoms with van der Waals surface area (Å²) in [7, 11) is 0. The van der Waals surface area contributed by atoms with Crippen LogP contribution in [-0.2, 0) is 0 Å². The Hall–Kier alpha value is -0.310. The molecule has 0 saturated heterocycles. The molecule has 0 aliphatic heterocycles. The molecule has 1 aromatic rings. The smallest absolute Gasteiger partial charge is 0.142 e. The van der Waals surface area contributed by atoms with E-state index in [0.29, 0.717) is 17.0 Å². The fourth-order valence-electron chi connectivity index (χ4n) is 2.88. The Morgan fingerprint density at radius 2 is 1.89 bits per heavy atom. The van der Waals surface area contributed by atoms with Crippen LogP contribution in [0.2, 0.25) is 10.0 Å². The van der Waals surface area contributed by atoms with Gasteiger partial charge < -0.3 is 5.32 Å². The lowest BCUT2D eigenvalue weighted by Gasteiger charge is -2.25. The van der Waals surface area contributed by atoms with E-state index in [1.165, 1.54) is 25.0 Å². The molecule has 1 aliphatic carbocycles. The van der Waals surface area contributed by atoms with Gasteiger partial charge in [-0.05, 0) is 49.3 Å². The van der Waals surface area contributed by atoms with Crippen molar-refractivity contribution in [1.82, 2.24) is 5.32 Å². The molecule has 4 atom stereocenters. The van der Waals surface area contributed by atoms with Crippen molar-refractivity contribution in [1.29, 1.82) is 0 Å². The second kappa shape index (κ2) is 5.99. The van der Waals surface area contributed by atoms with Crippen LogP contribution in [0.15, 0.2) is 12.1 Å². The molecule has 19 heavy (non-hydrogen) atoms. The molecule has 4 unspecified atom stereocenters. The van der Waals surface area contributed by atoms with Crippen molar-refractivity contribution < 1.29 is 4.39 Å². The third-order valence-corrected chi connectivity index (χ3v) is 5.05. The molecule has 4 heteroatoms. The van der Waals surface area contributed by atoms with Gasteiger partial charge in [0, 0.05) is 17.1 Å². The highest BCUT2D eigenvalue weighted by molar-refractivity contribution is 6.35. The topological polar surface area (TPSA) is 12.0 Å². The summed E-state index contributed by atoms with van der Waals surface area (Å²) in [4.78, 5) is 0. The van der Waals surface area contributed by atoms with Gasteiger partial charge in [-0.1, -0.05) is 37.0 Å². The lowest BCUT2D eigenvalue weighted by atomic mass is 9.96. The maximum atomic E-state index is 13.6. The Kier molecular flexibility index (Phi) is 4.75. The van der Waals surface area contributed by atoms with Gasteiger partial charge in [0.15, 0.2) is 0 Å². The minimum Gasteiger partial charge on any atom is -0.307 e. The van der Waals surface area contributed by atoms with Gasteiger partial charge >= 0.3 is 0 Å². The molecule has 2 rings (SSSR count). The summed E-state index contributed by atoms with van der Waals surface area (Å²) in [6.07, 6.45) is 2.41. The zero-order valence-electron chi connectivity index (χ0n) is 11.5. The summed E-state index contributed by atoms with van der Waals surface area (Å²) >= 11 is 11.9. The third-order valence-electron chi connectivity index (χ3n) is 4.44. The summed E-state index contributed by atoms with van der Waals surface area (Å²) in [6.45, 7) is 6.57. The molecule has 1 fully saturated rings. The van der Waals surface area contributed by atoms with Crippen LogP contribution >= 0.6 is 23.2 Å². The molecule has 0 spiro atoms. The normalized spacial score (nSPS) is 28.6. The average Bonchev–Trinajstić information content (AvgIpc) is 2.65. The van der Waals surface area contributed by atoms with Crippen molar-refractivity contribution in [3.05, 3.63) is 33.6 Å². The molecule has 0 bridgehead atoms. The highest BCUT2D eigenvalue weighted by atomic mass is 35.5. The van der Waals surface area contributed by atoms with Crippen molar-refractivity contribution in [2.75, 3.05) is 0 Å². The van der Waals surface area contributed by atoms with Crippen molar-refractivity contribution in [3.63, 3.8) is 0 Å². The van der Waals surface area contributed by atoms with Gasteiger partial charge in [-0.2, -0.15) is 0 Å². The fraction of sp³-hybridized carbons (Fsp3) is 0.600. The average molecular weight is 304 g/mol.